The van der Waals surface area contributed by atoms with Crippen molar-refractivity contribution in [3.8, 4) is 0 Å². The molecule has 1 aliphatic rings. The van der Waals surface area contributed by atoms with E-state index in [1.165, 1.54) is 37.7 Å². The highest BCUT2D eigenvalue weighted by atomic mass is 14.6. The van der Waals surface area contributed by atoms with Crippen LogP contribution in [-0.2, 0) is 0 Å². The molecular weight excluding hydrogens is 170 g/mol. The molecule has 1 aliphatic carbocycles. The van der Waals surface area contributed by atoms with E-state index in [4.69, 9.17) is 0 Å². The van der Waals surface area contributed by atoms with Gasteiger partial charge in [-0.1, -0.05) is 37.5 Å². The highest BCUT2D eigenvalue weighted by Gasteiger charge is 2.09. The molecule has 0 radical (unpaired) electrons. The molecule has 1 heterocycles. The normalized spacial score (nSPS) is 18.9. The molecule has 0 atom stereocenters. The Labute approximate surface area is 85.9 Å². The first-order valence-corrected chi connectivity index (χ1v) is 5.53. The van der Waals surface area contributed by atoms with E-state index in [9.17, 15) is 0 Å². The van der Waals surface area contributed by atoms with Crippen LogP contribution in [0.2, 0.25) is 0 Å². The van der Waals surface area contributed by atoms with E-state index in [0.29, 0.717) is 0 Å². The van der Waals surface area contributed by atoms with Crippen molar-refractivity contribution in [3.63, 3.8) is 0 Å². The lowest BCUT2D eigenvalue weighted by atomic mass is 9.89. The maximum absolute atomic E-state index is 4.10. The lowest BCUT2D eigenvalue weighted by Crippen LogP contribution is -2.02. The summed E-state index contributed by atoms with van der Waals surface area (Å²) >= 11 is 0. The van der Waals surface area contributed by atoms with Crippen LogP contribution in [-0.4, -0.2) is 4.98 Å². The van der Waals surface area contributed by atoms with E-state index in [1.807, 2.05) is 18.5 Å². The van der Waals surface area contributed by atoms with Gasteiger partial charge < -0.3 is 0 Å². The third-order valence-electron chi connectivity index (χ3n) is 2.90. The third-order valence-corrected chi connectivity index (χ3v) is 2.90. The fourth-order valence-corrected chi connectivity index (χ4v) is 2.05. The second-order valence-electron chi connectivity index (χ2n) is 4.04. The van der Waals surface area contributed by atoms with Crippen LogP contribution in [0.5, 0.6) is 0 Å². The SMILES string of the molecule is C(=C/C1CCCCC1)/c1cccnc1. The van der Waals surface area contributed by atoms with Crippen LogP contribution in [0.25, 0.3) is 6.08 Å². The van der Waals surface area contributed by atoms with Crippen molar-refractivity contribution in [2.75, 3.05) is 0 Å². The first kappa shape index (κ1) is 9.45. The molecule has 1 nitrogen and oxygen atoms in total. The molecule has 14 heavy (non-hydrogen) atoms. The zero-order valence-electron chi connectivity index (χ0n) is 8.52. The van der Waals surface area contributed by atoms with Gasteiger partial charge in [-0.15, -0.1) is 0 Å². The predicted molar refractivity (Wildman–Crippen MR) is 59.8 cm³/mol. The maximum atomic E-state index is 4.10. The molecule has 1 aromatic rings. The van der Waals surface area contributed by atoms with E-state index < -0.39 is 0 Å². The zero-order valence-corrected chi connectivity index (χ0v) is 8.52. The Kier molecular flexibility index (Phi) is 3.33. The number of hydrogen-bond acceptors (Lipinski definition) is 1. The van der Waals surface area contributed by atoms with Crippen LogP contribution < -0.4 is 0 Å². The van der Waals surface area contributed by atoms with E-state index in [0.717, 1.165) is 5.92 Å². The van der Waals surface area contributed by atoms with Crippen LogP contribution in [0, 0.1) is 5.92 Å². The molecule has 1 saturated carbocycles. The smallest absolute Gasteiger partial charge is 0.0340 e. The predicted octanol–water partition coefficient (Wildman–Crippen LogP) is 3.68. The van der Waals surface area contributed by atoms with Gasteiger partial charge >= 0.3 is 0 Å². The zero-order chi connectivity index (χ0) is 9.64. The topological polar surface area (TPSA) is 12.9 Å². The molecule has 1 fully saturated rings. The summed E-state index contributed by atoms with van der Waals surface area (Å²) in [4.78, 5) is 4.10. The molecule has 0 bridgehead atoms. The lowest BCUT2D eigenvalue weighted by Gasteiger charge is -2.17. The summed E-state index contributed by atoms with van der Waals surface area (Å²) in [6.45, 7) is 0. The van der Waals surface area contributed by atoms with Crippen molar-refractivity contribution in [2.45, 2.75) is 32.1 Å². The van der Waals surface area contributed by atoms with Gasteiger partial charge in [0.25, 0.3) is 0 Å². The monoisotopic (exact) mass is 187 g/mol. The standard InChI is InChI=1S/C13H17N/c1-2-5-12(6-3-1)8-9-13-7-4-10-14-11-13/h4,7-12H,1-3,5-6H2/b9-8-. The fraction of sp³-hybridized carbons (Fsp3) is 0.462. The number of hydrogen-bond donors (Lipinski definition) is 0. The second-order valence-corrected chi connectivity index (χ2v) is 4.04. The first-order chi connectivity index (χ1) is 6.95. The Balaban J connectivity index is 1.93. The Morgan fingerprint density at radius 2 is 2.07 bits per heavy atom. The van der Waals surface area contributed by atoms with Crippen molar-refractivity contribution in [1.82, 2.24) is 4.98 Å². The Morgan fingerprint density at radius 1 is 1.21 bits per heavy atom. The van der Waals surface area contributed by atoms with Crippen molar-refractivity contribution >= 4 is 6.08 Å². The second kappa shape index (κ2) is 4.94. The minimum Gasteiger partial charge on any atom is -0.264 e. The first-order valence-electron chi connectivity index (χ1n) is 5.53. The molecule has 1 heteroatoms. The van der Waals surface area contributed by atoms with Gasteiger partial charge in [0.1, 0.15) is 0 Å². The van der Waals surface area contributed by atoms with Gasteiger partial charge in [0.05, 0.1) is 0 Å². The van der Waals surface area contributed by atoms with Crippen LogP contribution in [0.1, 0.15) is 37.7 Å². The number of nitrogens with zero attached hydrogens (tertiary/aromatic N) is 1. The lowest BCUT2D eigenvalue weighted by molar-refractivity contribution is 0.420. The Bertz CT molecular complexity index is 283. The average molecular weight is 187 g/mol. The fourth-order valence-electron chi connectivity index (χ4n) is 2.05. The molecular formula is C13H17N. The van der Waals surface area contributed by atoms with E-state index in [2.05, 4.69) is 23.2 Å². The van der Waals surface area contributed by atoms with E-state index in [1.54, 1.807) is 0 Å². The average Bonchev–Trinajstić information content (AvgIpc) is 2.29. The summed E-state index contributed by atoms with van der Waals surface area (Å²) < 4.78 is 0. The van der Waals surface area contributed by atoms with Crippen molar-refractivity contribution < 1.29 is 0 Å². The largest absolute Gasteiger partial charge is 0.264 e. The summed E-state index contributed by atoms with van der Waals surface area (Å²) in [5, 5.41) is 0. The van der Waals surface area contributed by atoms with Gasteiger partial charge in [-0.3, -0.25) is 4.98 Å². The van der Waals surface area contributed by atoms with Crippen molar-refractivity contribution in [3.05, 3.63) is 36.2 Å². The van der Waals surface area contributed by atoms with Crippen LogP contribution in [0.3, 0.4) is 0 Å². The van der Waals surface area contributed by atoms with Crippen LogP contribution in [0.4, 0.5) is 0 Å². The number of aromatic nitrogens is 1. The summed E-state index contributed by atoms with van der Waals surface area (Å²) in [6, 6.07) is 4.09. The Morgan fingerprint density at radius 3 is 2.79 bits per heavy atom. The third kappa shape index (κ3) is 2.69. The summed E-state index contributed by atoms with van der Waals surface area (Å²) in [7, 11) is 0. The van der Waals surface area contributed by atoms with Crippen molar-refractivity contribution in [2.24, 2.45) is 5.92 Å². The molecule has 0 aromatic carbocycles. The number of allylic oxidation sites excluding steroid dienone is 1. The summed E-state index contributed by atoms with van der Waals surface area (Å²) in [6.07, 6.45) is 15.3. The van der Waals surface area contributed by atoms with Crippen LogP contribution in [0.15, 0.2) is 30.6 Å². The highest BCUT2D eigenvalue weighted by Crippen LogP contribution is 2.25. The number of pyridine rings is 1. The highest BCUT2D eigenvalue weighted by molar-refractivity contribution is 5.47. The molecule has 0 unspecified atom stereocenters. The van der Waals surface area contributed by atoms with Crippen molar-refractivity contribution in [1.29, 1.82) is 0 Å². The van der Waals surface area contributed by atoms with Gasteiger partial charge in [0.2, 0.25) is 0 Å². The van der Waals surface area contributed by atoms with Gasteiger partial charge in [-0.2, -0.15) is 0 Å². The van der Waals surface area contributed by atoms with E-state index >= 15 is 0 Å². The van der Waals surface area contributed by atoms with Gasteiger partial charge in [0.15, 0.2) is 0 Å². The minimum atomic E-state index is 0.809. The van der Waals surface area contributed by atoms with Gasteiger partial charge in [0, 0.05) is 12.4 Å². The molecule has 0 N–H and O–H groups in total. The molecule has 0 saturated heterocycles. The summed E-state index contributed by atoms with van der Waals surface area (Å²) in [5.74, 6) is 0.809. The Hall–Kier alpha value is -1.11. The molecule has 74 valence electrons. The van der Waals surface area contributed by atoms with Crippen LogP contribution >= 0.6 is 0 Å². The maximum Gasteiger partial charge on any atom is 0.0340 e. The molecule has 0 amide bonds. The molecule has 2 rings (SSSR count). The van der Waals surface area contributed by atoms with E-state index in [-0.39, 0.29) is 0 Å². The minimum absolute atomic E-state index is 0.809. The van der Waals surface area contributed by atoms with Gasteiger partial charge in [-0.25, -0.2) is 0 Å². The summed E-state index contributed by atoms with van der Waals surface area (Å²) in [5.41, 5.74) is 1.22. The van der Waals surface area contributed by atoms with Gasteiger partial charge in [-0.05, 0) is 30.4 Å². The molecule has 0 spiro atoms. The quantitative estimate of drug-likeness (QED) is 0.688. The number of rotatable bonds is 2. The molecule has 1 aromatic heterocycles. The molecule has 0 aliphatic heterocycles.